The number of alkyl halides is 6. The predicted octanol–water partition coefficient (Wildman–Crippen LogP) is 3.41. The average molecular weight is 535 g/mol. The molecule has 3 heterocycles. The standard InChI is InChI=1S/C21H15F6N3O5S/c1-8-7-36-18-15(17(32)30(18)16(8)19(33)34)29-13(31)6-35-11-5-12(21(25,26)27)28-14-9(11)3-2-4-10(14)20(22,23)24/h2-5,15,18H,6-7H2,1H3,(H,29,31)(H,33,34)/t15-,18-/m1/s1. The van der Waals surface area contributed by atoms with Crippen molar-refractivity contribution in [3.63, 3.8) is 0 Å². The summed E-state index contributed by atoms with van der Waals surface area (Å²) in [7, 11) is 0. The Labute approximate surface area is 202 Å². The lowest BCUT2D eigenvalue weighted by molar-refractivity contribution is -0.150. The Kier molecular flexibility index (Phi) is 6.31. The number of benzene rings is 1. The van der Waals surface area contributed by atoms with E-state index in [9.17, 15) is 45.8 Å². The first kappa shape index (κ1) is 25.6. The highest BCUT2D eigenvalue weighted by molar-refractivity contribution is 8.00. The van der Waals surface area contributed by atoms with Crippen LogP contribution in [0.15, 0.2) is 35.5 Å². The van der Waals surface area contributed by atoms with Gasteiger partial charge in [0.05, 0.1) is 11.1 Å². The molecule has 0 aliphatic carbocycles. The van der Waals surface area contributed by atoms with E-state index in [1.165, 1.54) is 11.8 Å². The second kappa shape index (κ2) is 8.87. The summed E-state index contributed by atoms with van der Waals surface area (Å²) in [6.07, 6.45) is -10.1. The van der Waals surface area contributed by atoms with Gasteiger partial charge < -0.3 is 15.2 Å². The number of nitrogens with one attached hydrogen (secondary N) is 1. The molecule has 2 N–H and O–H groups in total. The third kappa shape index (κ3) is 4.54. The van der Waals surface area contributed by atoms with Crippen LogP contribution in [0.3, 0.4) is 0 Å². The Bertz CT molecular complexity index is 1310. The van der Waals surface area contributed by atoms with Gasteiger partial charge in [0.25, 0.3) is 11.8 Å². The first-order valence-electron chi connectivity index (χ1n) is 10.1. The molecule has 2 aromatic rings. The highest BCUT2D eigenvalue weighted by Crippen LogP contribution is 2.41. The Morgan fingerprint density at radius 1 is 1.22 bits per heavy atom. The van der Waals surface area contributed by atoms with Gasteiger partial charge in [-0.15, -0.1) is 11.8 Å². The Morgan fingerprint density at radius 3 is 2.53 bits per heavy atom. The van der Waals surface area contributed by atoms with Crippen LogP contribution >= 0.6 is 11.8 Å². The molecule has 0 unspecified atom stereocenters. The molecule has 0 saturated carbocycles. The lowest BCUT2D eigenvalue weighted by atomic mass is 10.0. The summed E-state index contributed by atoms with van der Waals surface area (Å²) in [5.74, 6) is -3.30. The number of halogens is 6. The Morgan fingerprint density at radius 2 is 1.92 bits per heavy atom. The van der Waals surface area contributed by atoms with Crippen LogP contribution in [0.4, 0.5) is 26.3 Å². The largest absolute Gasteiger partial charge is 0.483 e. The number of aromatic nitrogens is 1. The van der Waals surface area contributed by atoms with Crippen molar-refractivity contribution < 1.29 is 50.6 Å². The number of rotatable bonds is 5. The van der Waals surface area contributed by atoms with E-state index in [2.05, 4.69) is 10.3 Å². The van der Waals surface area contributed by atoms with Crippen molar-refractivity contribution in [3.05, 3.63) is 46.8 Å². The van der Waals surface area contributed by atoms with Gasteiger partial charge in [-0.1, -0.05) is 6.07 Å². The molecule has 2 amide bonds. The van der Waals surface area contributed by atoms with Gasteiger partial charge in [0, 0.05) is 17.2 Å². The SMILES string of the molecule is CC1=C(C(=O)O)N2C(=O)[C@@H](NC(=O)COc3cc(C(F)(F)F)nc4c(C(F)(F)F)cccc34)[C@H]2SC1. The lowest BCUT2D eigenvalue weighted by Gasteiger charge is -2.49. The Hall–Kier alpha value is -3.49. The molecule has 0 bridgehead atoms. The summed E-state index contributed by atoms with van der Waals surface area (Å²) in [4.78, 5) is 40.5. The number of fused-ring (bicyclic) bond motifs is 2. The van der Waals surface area contributed by atoms with Crippen LogP contribution in [0, 0.1) is 0 Å². The normalized spacial score (nSPS) is 20.2. The quantitative estimate of drug-likeness (QED) is 0.446. The highest BCUT2D eigenvalue weighted by Gasteiger charge is 2.53. The first-order valence-corrected chi connectivity index (χ1v) is 11.1. The summed E-state index contributed by atoms with van der Waals surface area (Å²) in [6, 6.07) is 1.88. The monoisotopic (exact) mass is 535 g/mol. The van der Waals surface area contributed by atoms with Gasteiger partial charge >= 0.3 is 18.3 Å². The zero-order chi connectivity index (χ0) is 26.6. The number of amides is 2. The minimum atomic E-state index is -5.10. The molecule has 1 fully saturated rings. The number of thioether (sulfide) groups is 1. The van der Waals surface area contributed by atoms with Crippen LogP contribution in [0.25, 0.3) is 10.9 Å². The molecule has 8 nitrogen and oxygen atoms in total. The van der Waals surface area contributed by atoms with Crippen LogP contribution in [0.1, 0.15) is 18.2 Å². The van der Waals surface area contributed by atoms with E-state index in [1.807, 2.05) is 0 Å². The minimum absolute atomic E-state index is 0.186. The molecule has 1 saturated heterocycles. The van der Waals surface area contributed by atoms with Crippen molar-refractivity contribution in [2.75, 3.05) is 12.4 Å². The molecule has 2 atom stereocenters. The maximum absolute atomic E-state index is 13.4. The first-order chi connectivity index (χ1) is 16.7. The third-order valence-corrected chi connectivity index (χ3v) is 6.86. The topological polar surface area (TPSA) is 109 Å². The number of para-hydroxylation sites is 1. The third-order valence-electron chi connectivity index (χ3n) is 5.43. The number of pyridine rings is 1. The maximum atomic E-state index is 13.4. The average Bonchev–Trinajstić information content (AvgIpc) is 2.78. The number of carbonyl (C=O) groups is 3. The zero-order valence-corrected chi connectivity index (χ0v) is 18.8. The number of hydrogen-bond donors (Lipinski definition) is 2. The van der Waals surface area contributed by atoms with Crippen molar-refractivity contribution in [3.8, 4) is 5.75 Å². The van der Waals surface area contributed by atoms with Crippen molar-refractivity contribution >= 4 is 40.4 Å². The molecular formula is C21H15F6N3O5S. The van der Waals surface area contributed by atoms with E-state index in [4.69, 9.17) is 4.74 Å². The lowest BCUT2D eigenvalue weighted by Crippen LogP contribution is -2.70. The Balaban J connectivity index is 1.55. The van der Waals surface area contributed by atoms with Crippen molar-refractivity contribution in [2.45, 2.75) is 30.7 Å². The molecule has 0 radical (unpaired) electrons. The summed E-state index contributed by atoms with van der Waals surface area (Å²) in [5, 5.41) is 10.6. The second-order valence-corrected chi connectivity index (χ2v) is 8.99. The fourth-order valence-electron chi connectivity index (χ4n) is 3.84. The van der Waals surface area contributed by atoms with Gasteiger partial charge in [0.1, 0.15) is 28.6 Å². The number of aliphatic carboxylic acids is 1. The molecule has 4 rings (SSSR count). The predicted molar refractivity (Wildman–Crippen MR) is 113 cm³/mol. The fraction of sp³-hybridized carbons (Fsp3) is 0.333. The zero-order valence-electron chi connectivity index (χ0n) is 18.0. The number of ether oxygens (including phenoxy) is 1. The number of carboxylic acids is 1. The number of hydrogen-bond acceptors (Lipinski definition) is 6. The summed E-state index contributed by atoms with van der Waals surface area (Å²) < 4.78 is 85.1. The molecular weight excluding hydrogens is 520 g/mol. The molecule has 192 valence electrons. The molecule has 1 aromatic heterocycles. The minimum Gasteiger partial charge on any atom is -0.483 e. The smallest absolute Gasteiger partial charge is 0.433 e. The van der Waals surface area contributed by atoms with Crippen LogP contribution in [0.2, 0.25) is 0 Å². The van der Waals surface area contributed by atoms with Gasteiger partial charge in [-0.2, -0.15) is 26.3 Å². The molecule has 2 aliphatic rings. The van der Waals surface area contributed by atoms with Gasteiger partial charge in [-0.25, -0.2) is 9.78 Å². The van der Waals surface area contributed by atoms with Gasteiger partial charge in [0.2, 0.25) is 0 Å². The van der Waals surface area contributed by atoms with Gasteiger partial charge in [-0.05, 0) is 24.6 Å². The van der Waals surface area contributed by atoms with E-state index in [-0.39, 0.29) is 5.70 Å². The van der Waals surface area contributed by atoms with Crippen LogP contribution in [0.5, 0.6) is 5.75 Å². The molecule has 2 aliphatic heterocycles. The molecule has 15 heteroatoms. The van der Waals surface area contributed by atoms with Gasteiger partial charge in [-0.3, -0.25) is 14.5 Å². The van der Waals surface area contributed by atoms with E-state index in [0.717, 1.165) is 17.0 Å². The summed E-state index contributed by atoms with van der Waals surface area (Å²) >= 11 is 1.21. The number of carbonyl (C=O) groups excluding carboxylic acids is 2. The maximum Gasteiger partial charge on any atom is 0.433 e. The number of β-lactam (4-membered cyclic amide) rings is 1. The fourth-order valence-corrected chi connectivity index (χ4v) is 5.14. The number of nitrogens with zero attached hydrogens (tertiary/aromatic N) is 2. The van der Waals surface area contributed by atoms with Crippen molar-refractivity contribution in [2.24, 2.45) is 0 Å². The van der Waals surface area contributed by atoms with Gasteiger partial charge in [0.15, 0.2) is 6.61 Å². The van der Waals surface area contributed by atoms with E-state index in [0.29, 0.717) is 23.5 Å². The van der Waals surface area contributed by atoms with E-state index < -0.39 is 76.1 Å². The highest BCUT2D eigenvalue weighted by atomic mass is 32.2. The second-order valence-electron chi connectivity index (χ2n) is 7.88. The molecule has 0 spiro atoms. The molecule has 1 aromatic carbocycles. The summed E-state index contributed by atoms with van der Waals surface area (Å²) in [5.41, 5.74) is -3.77. The van der Waals surface area contributed by atoms with Crippen molar-refractivity contribution in [1.82, 2.24) is 15.2 Å². The van der Waals surface area contributed by atoms with Crippen LogP contribution in [-0.4, -0.2) is 56.5 Å². The van der Waals surface area contributed by atoms with Crippen LogP contribution < -0.4 is 10.1 Å². The number of carboxylic acid groups (broad SMARTS) is 1. The van der Waals surface area contributed by atoms with E-state index in [1.54, 1.807) is 6.92 Å². The summed E-state index contributed by atoms with van der Waals surface area (Å²) in [6.45, 7) is 0.632. The molecule has 36 heavy (non-hydrogen) atoms. The van der Waals surface area contributed by atoms with E-state index >= 15 is 0 Å². The van der Waals surface area contributed by atoms with Crippen LogP contribution in [-0.2, 0) is 26.7 Å². The van der Waals surface area contributed by atoms with Crippen molar-refractivity contribution in [1.29, 1.82) is 0 Å².